The Kier molecular flexibility index (Phi) is 2.63. The smallest absolute Gasteiger partial charge is 0.167 e. The standard InChI is InChI=1S/C12H17N5O4/c13-11-10-12(15-5-16(11)1-2-18)17(6-14-10)9-3-7(20)8(4-19)21-9/h5-9,13,18-20H,1-4H2/t7-,8+,9+/m0/s1/i1D2,2D2. The van der Waals surface area contributed by atoms with Crippen molar-refractivity contribution in [3.8, 4) is 0 Å². The molecule has 9 heteroatoms. The van der Waals surface area contributed by atoms with Gasteiger partial charge < -0.3 is 24.6 Å². The molecule has 9 nitrogen and oxygen atoms in total. The third kappa shape index (κ3) is 2.33. The summed E-state index contributed by atoms with van der Waals surface area (Å²) in [5.74, 6) is 0. The van der Waals surface area contributed by atoms with Crippen LogP contribution in [0.4, 0.5) is 0 Å². The van der Waals surface area contributed by atoms with Crippen molar-refractivity contribution >= 4 is 11.2 Å². The van der Waals surface area contributed by atoms with Crippen LogP contribution in [-0.4, -0.2) is 59.8 Å². The van der Waals surface area contributed by atoms with Gasteiger partial charge in [-0.15, -0.1) is 0 Å². The molecule has 4 N–H and O–H groups in total. The van der Waals surface area contributed by atoms with E-state index in [0.717, 1.165) is 6.33 Å². The van der Waals surface area contributed by atoms with Gasteiger partial charge in [0.2, 0.25) is 0 Å². The molecule has 0 aliphatic carbocycles. The molecule has 2 aromatic rings. The summed E-state index contributed by atoms with van der Waals surface area (Å²) in [6, 6.07) is 0. The lowest BCUT2D eigenvalue weighted by Crippen LogP contribution is -2.24. The molecular weight excluding hydrogens is 278 g/mol. The quantitative estimate of drug-likeness (QED) is 0.535. The maximum atomic E-state index is 9.83. The Bertz CT molecular complexity index is 848. The molecular formula is C12H17N5O4. The summed E-state index contributed by atoms with van der Waals surface area (Å²) in [5, 5.41) is 36.4. The molecule has 0 aromatic carbocycles. The van der Waals surface area contributed by atoms with Crippen LogP contribution in [0.2, 0.25) is 0 Å². The molecule has 1 saturated heterocycles. The zero-order chi connectivity index (χ0) is 18.6. The normalized spacial score (nSPS) is 30.0. The number of ether oxygens (including phenoxy) is 1. The lowest BCUT2D eigenvalue weighted by molar-refractivity contribution is -0.0432. The van der Waals surface area contributed by atoms with Gasteiger partial charge in [-0.2, -0.15) is 0 Å². The number of aryl methyl sites for hydroxylation is 1. The minimum atomic E-state index is -3.24. The van der Waals surface area contributed by atoms with Gasteiger partial charge in [0.25, 0.3) is 0 Å². The van der Waals surface area contributed by atoms with Crippen LogP contribution >= 0.6 is 0 Å². The number of imidazole rings is 1. The van der Waals surface area contributed by atoms with E-state index in [1.165, 1.54) is 10.9 Å². The number of fused-ring (bicyclic) bond motifs is 1. The Balaban J connectivity index is 2.05. The second kappa shape index (κ2) is 5.53. The van der Waals surface area contributed by atoms with Crippen molar-refractivity contribution in [2.75, 3.05) is 13.2 Å². The van der Waals surface area contributed by atoms with Gasteiger partial charge in [-0.05, 0) is 0 Å². The number of aliphatic hydroxyl groups excluding tert-OH is 2. The fourth-order valence-corrected chi connectivity index (χ4v) is 2.33. The highest BCUT2D eigenvalue weighted by atomic mass is 16.5. The highest BCUT2D eigenvalue weighted by Gasteiger charge is 2.35. The Labute approximate surface area is 125 Å². The van der Waals surface area contributed by atoms with Gasteiger partial charge in [-0.25, -0.2) is 9.97 Å². The second-order valence-electron chi connectivity index (χ2n) is 4.63. The largest absolute Gasteiger partial charge is 0.395 e. The number of hydrogen-bond donors (Lipinski definition) is 4. The van der Waals surface area contributed by atoms with Crippen LogP contribution in [0.15, 0.2) is 12.7 Å². The molecule has 0 amide bonds. The molecule has 1 fully saturated rings. The summed E-state index contributed by atoms with van der Waals surface area (Å²) in [6.45, 7) is -6.53. The molecule has 0 saturated carbocycles. The van der Waals surface area contributed by atoms with Crippen LogP contribution in [-0.2, 0) is 11.2 Å². The van der Waals surface area contributed by atoms with Gasteiger partial charge in [-0.1, -0.05) is 0 Å². The number of hydrogen-bond acceptors (Lipinski definition) is 7. The first kappa shape index (κ1) is 10.0. The molecule has 0 unspecified atom stereocenters. The van der Waals surface area contributed by atoms with E-state index in [0.29, 0.717) is 4.57 Å². The predicted molar refractivity (Wildman–Crippen MR) is 70.1 cm³/mol. The van der Waals surface area contributed by atoms with Crippen molar-refractivity contribution in [3.05, 3.63) is 18.1 Å². The molecule has 3 heterocycles. The van der Waals surface area contributed by atoms with Crippen LogP contribution < -0.4 is 5.49 Å². The van der Waals surface area contributed by atoms with Gasteiger partial charge in [0.05, 0.1) is 37.4 Å². The topological polar surface area (TPSA) is 129 Å². The Morgan fingerprint density at radius 3 is 2.90 bits per heavy atom. The fraction of sp³-hybridized carbons (Fsp3) is 0.583. The number of aliphatic hydroxyl groups is 3. The minimum absolute atomic E-state index is 0.0267. The van der Waals surface area contributed by atoms with Crippen molar-refractivity contribution in [1.82, 2.24) is 19.1 Å². The molecule has 0 radical (unpaired) electrons. The third-order valence-corrected chi connectivity index (χ3v) is 3.39. The SMILES string of the molecule is [2H]C([2H])(O)C([2H])([2H])n1cnc2c(ncn2[C@H]2C[C@H](O)[C@@H](CO)O2)c1=N. The van der Waals surface area contributed by atoms with Gasteiger partial charge in [-0.3, -0.25) is 9.98 Å². The number of nitrogens with zero attached hydrogens (tertiary/aromatic N) is 4. The van der Waals surface area contributed by atoms with E-state index in [1.54, 1.807) is 0 Å². The molecule has 3 atom stereocenters. The van der Waals surface area contributed by atoms with Crippen molar-refractivity contribution in [2.45, 2.75) is 31.4 Å². The molecule has 1 aliphatic rings. The summed E-state index contributed by atoms with van der Waals surface area (Å²) < 4.78 is 37.3. The zero-order valence-corrected chi connectivity index (χ0v) is 10.8. The first-order valence-electron chi connectivity index (χ1n) is 8.24. The molecule has 21 heavy (non-hydrogen) atoms. The molecule has 3 rings (SSSR count). The minimum Gasteiger partial charge on any atom is -0.395 e. The van der Waals surface area contributed by atoms with Crippen LogP contribution in [0.5, 0.6) is 0 Å². The first-order valence-corrected chi connectivity index (χ1v) is 6.24. The van der Waals surface area contributed by atoms with E-state index in [9.17, 15) is 10.2 Å². The van der Waals surface area contributed by atoms with Crippen LogP contribution in [0, 0.1) is 5.41 Å². The highest BCUT2D eigenvalue weighted by molar-refractivity contribution is 5.68. The third-order valence-electron chi connectivity index (χ3n) is 3.39. The van der Waals surface area contributed by atoms with Gasteiger partial charge >= 0.3 is 0 Å². The van der Waals surface area contributed by atoms with Gasteiger partial charge in [0, 0.05) is 12.9 Å². The molecule has 1 aliphatic heterocycles. The maximum absolute atomic E-state index is 9.83. The van der Waals surface area contributed by atoms with Crippen molar-refractivity contribution in [1.29, 1.82) is 5.41 Å². The summed E-state index contributed by atoms with van der Waals surface area (Å²) >= 11 is 0. The van der Waals surface area contributed by atoms with Crippen LogP contribution in [0.25, 0.3) is 11.2 Å². The predicted octanol–water partition coefficient (Wildman–Crippen LogP) is -1.65. The monoisotopic (exact) mass is 299 g/mol. The van der Waals surface area contributed by atoms with E-state index in [1.807, 2.05) is 0 Å². The highest BCUT2D eigenvalue weighted by Crippen LogP contribution is 2.29. The molecule has 0 spiro atoms. The summed E-state index contributed by atoms with van der Waals surface area (Å²) in [6.07, 6.45) is 0.0999. The Morgan fingerprint density at radius 2 is 2.24 bits per heavy atom. The van der Waals surface area contributed by atoms with E-state index >= 15 is 0 Å². The van der Waals surface area contributed by atoms with E-state index < -0.39 is 37.0 Å². The average molecular weight is 299 g/mol. The summed E-state index contributed by atoms with van der Waals surface area (Å²) in [4.78, 5) is 8.00. The van der Waals surface area contributed by atoms with E-state index in [4.69, 9.17) is 20.7 Å². The van der Waals surface area contributed by atoms with Gasteiger partial charge in [0.15, 0.2) is 11.1 Å². The van der Waals surface area contributed by atoms with Crippen molar-refractivity contribution in [3.63, 3.8) is 0 Å². The maximum Gasteiger partial charge on any atom is 0.167 e. The van der Waals surface area contributed by atoms with Crippen LogP contribution in [0.1, 0.15) is 18.1 Å². The lowest BCUT2D eigenvalue weighted by Gasteiger charge is -2.13. The first-order chi connectivity index (χ1) is 11.6. The van der Waals surface area contributed by atoms with E-state index in [2.05, 4.69) is 9.97 Å². The lowest BCUT2D eigenvalue weighted by atomic mass is 10.2. The van der Waals surface area contributed by atoms with Crippen molar-refractivity contribution in [2.24, 2.45) is 0 Å². The van der Waals surface area contributed by atoms with Crippen molar-refractivity contribution < 1.29 is 25.5 Å². The Morgan fingerprint density at radius 1 is 1.43 bits per heavy atom. The number of rotatable bonds is 4. The molecule has 0 bridgehead atoms. The Hall–Kier alpha value is -1.81. The second-order valence-corrected chi connectivity index (χ2v) is 4.63. The van der Waals surface area contributed by atoms with Crippen LogP contribution in [0.3, 0.4) is 0 Å². The fourth-order valence-electron chi connectivity index (χ4n) is 2.33. The van der Waals surface area contributed by atoms with Gasteiger partial charge in [0.1, 0.15) is 17.8 Å². The number of nitrogens with one attached hydrogen (secondary N) is 1. The molecule has 2 aromatic heterocycles. The summed E-state index contributed by atoms with van der Waals surface area (Å²) in [5.41, 5.74) is -0.337. The number of aromatic nitrogens is 4. The summed E-state index contributed by atoms with van der Waals surface area (Å²) in [7, 11) is 0. The van der Waals surface area contributed by atoms with E-state index in [-0.39, 0.29) is 24.2 Å². The zero-order valence-electron chi connectivity index (χ0n) is 14.8. The average Bonchev–Trinajstić information content (AvgIpc) is 3.09. The molecule has 114 valence electrons.